The summed E-state index contributed by atoms with van der Waals surface area (Å²) in [5.74, 6) is -3.56. The molecule has 1 aliphatic carbocycles. The van der Waals surface area contributed by atoms with Gasteiger partial charge < -0.3 is 19.3 Å². The van der Waals surface area contributed by atoms with Gasteiger partial charge in [0.05, 0.1) is 40.0 Å². The number of piperazine rings is 1. The summed E-state index contributed by atoms with van der Waals surface area (Å²) in [5.41, 5.74) is 7.47. The predicted molar refractivity (Wildman–Crippen MR) is 299 cm³/mol. The van der Waals surface area contributed by atoms with Crippen molar-refractivity contribution in [3.63, 3.8) is 0 Å². The van der Waals surface area contributed by atoms with E-state index in [1.807, 2.05) is 125 Å². The number of benzene rings is 4. The number of rotatable bonds is 13. The zero-order chi connectivity index (χ0) is 54.5. The molecule has 7 aromatic rings. The number of ether oxygens (including phenoxy) is 2. The minimum atomic E-state index is -2.84. The van der Waals surface area contributed by atoms with Gasteiger partial charge in [0.25, 0.3) is 11.8 Å². The van der Waals surface area contributed by atoms with Gasteiger partial charge >= 0.3 is 5.97 Å². The molecule has 15 nitrogen and oxygen atoms in total. The second kappa shape index (κ2) is 21.5. The maximum absolute atomic E-state index is 15.9. The summed E-state index contributed by atoms with van der Waals surface area (Å²) in [6.45, 7) is 10.4. The van der Waals surface area contributed by atoms with Crippen LogP contribution in [0.1, 0.15) is 115 Å². The Bertz CT molecular complexity index is 3410. The molecule has 1 unspecified atom stereocenters. The van der Waals surface area contributed by atoms with E-state index in [0.717, 1.165) is 49.1 Å². The number of para-hydroxylation sites is 1. The van der Waals surface area contributed by atoms with Crippen molar-refractivity contribution >= 4 is 72.8 Å². The number of alkyl halides is 2. The van der Waals surface area contributed by atoms with Gasteiger partial charge in [-0.15, -0.1) is 0 Å². The highest BCUT2D eigenvalue weighted by atomic mass is 32.1. The third-order valence-electron chi connectivity index (χ3n) is 15.7. The van der Waals surface area contributed by atoms with Crippen molar-refractivity contribution in [3.05, 3.63) is 125 Å². The van der Waals surface area contributed by atoms with Crippen LogP contribution in [0.2, 0.25) is 0 Å². The first-order valence-electron chi connectivity index (χ1n) is 27.1. The molecule has 4 aromatic carbocycles. The number of hydrogen-bond donors (Lipinski definition) is 2. The average Bonchev–Trinajstić information content (AvgIpc) is 4.08. The Balaban J connectivity index is 0.709. The fraction of sp³-hybridized carbons (Fsp3) is 0.417. The molecule has 406 valence electrons. The first kappa shape index (κ1) is 52.7. The van der Waals surface area contributed by atoms with Crippen molar-refractivity contribution in [1.29, 1.82) is 0 Å². The minimum Gasteiger partial charge on any atom is -0.490 e. The number of thiazole rings is 1. The Labute approximate surface area is 456 Å². The zero-order valence-electron chi connectivity index (χ0n) is 44.7. The van der Waals surface area contributed by atoms with E-state index in [4.69, 9.17) is 14.5 Å². The number of halogens is 2. The van der Waals surface area contributed by atoms with Crippen molar-refractivity contribution in [2.45, 2.75) is 109 Å². The second-order valence-corrected chi connectivity index (χ2v) is 23.4. The maximum atomic E-state index is 15.9. The van der Waals surface area contributed by atoms with Crippen molar-refractivity contribution in [1.82, 2.24) is 30.0 Å². The van der Waals surface area contributed by atoms with E-state index in [1.165, 1.54) is 11.3 Å². The molecule has 3 fully saturated rings. The van der Waals surface area contributed by atoms with Crippen LogP contribution in [0.3, 0.4) is 0 Å². The third-order valence-corrected chi connectivity index (χ3v) is 16.7. The Morgan fingerprint density at radius 2 is 1.62 bits per heavy atom. The van der Waals surface area contributed by atoms with Gasteiger partial charge in [-0.25, -0.2) is 23.5 Å². The highest BCUT2D eigenvalue weighted by molar-refractivity contribution is 7.22. The number of nitrogens with one attached hydrogen (secondary N) is 2. The number of piperidine rings is 1. The van der Waals surface area contributed by atoms with Gasteiger partial charge in [-0.3, -0.25) is 34.6 Å². The molecule has 0 radical (unpaired) electrons. The number of aryl methyl sites for hydroxylation is 1. The summed E-state index contributed by atoms with van der Waals surface area (Å²) in [6.07, 6.45) is 3.66. The van der Waals surface area contributed by atoms with Crippen LogP contribution in [0.15, 0.2) is 91.0 Å². The maximum Gasteiger partial charge on any atom is 0.358 e. The molecule has 11 rings (SSSR count). The molecule has 3 aliphatic heterocycles. The number of pyridine rings is 1. The third kappa shape index (κ3) is 11.3. The summed E-state index contributed by atoms with van der Waals surface area (Å²) in [7, 11) is 1.84. The summed E-state index contributed by atoms with van der Waals surface area (Å²) >= 11 is 1.43. The van der Waals surface area contributed by atoms with Crippen LogP contribution >= 0.6 is 11.3 Å². The molecule has 18 heteroatoms. The van der Waals surface area contributed by atoms with Crippen LogP contribution in [-0.4, -0.2) is 105 Å². The molecule has 0 bridgehead atoms. The zero-order valence-corrected chi connectivity index (χ0v) is 45.6. The first-order chi connectivity index (χ1) is 37.4. The van der Waals surface area contributed by atoms with Gasteiger partial charge in [0.15, 0.2) is 10.8 Å². The summed E-state index contributed by atoms with van der Waals surface area (Å²) in [5, 5.41) is 11.5. The van der Waals surface area contributed by atoms with Crippen molar-refractivity contribution in [2.75, 3.05) is 54.4 Å². The first-order valence-corrected chi connectivity index (χ1v) is 27.9. The number of carbonyl (C=O) groups is 4. The van der Waals surface area contributed by atoms with Crippen LogP contribution < -0.4 is 25.2 Å². The SMILES string of the molecule is Cc1c(O[C@H]2CC[C@H](CC(F)(F)CN3CCN(c4ccc5c(C6CCC(=O)NC6=O)nn(C)c5c4)CC3)CC2)cccc1-c1ccc(N2CCc3cccc(C(=O)Nc4nc5ccccc5s4)c3C2)nc1C(=O)OC(C)(C)C. The molecule has 4 aliphatic rings. The lowest BCUT2D eigenvalue weighted by atomic mass is 9.83. The van der Waals surface area contributed by atoms with E-state index >= 15 is 8.78 Å². The molecule has 78 heavy (non-hydrogen) atoms. The Morgan fingerprint density at radius 1 is 0.833 bits per heavy atom. The highest BCUT2D eigenvalue weighted by Gasteiger charge is 2.38. The molecule has 6 heterocycles. The minimum absolute atomic E-state index is 0.119. The van der Waals surface area contributed by atoms with Gasteiger partial charge in [0, 0.05) is 81.4 Å². The van der Waals surface area contributed by atoms with Crippen molar-refractivity contribution < 1.29 is 37.4 Å². The number of esters is 1. The summed E-state index contributed by atoms with van der Waals surface area (Å²) in [6, 6.07) is 29.2. The van der Waals surface area contributed by atoms with E-state index in [0.29, 0.717) is 111 Å². The lowest BCUT2D eigenvalue weighted by Crippen LogP contribution is -2.50. The monoisotopic (exact) mass is 1080 g/mol. The summed E-state index contributed by atoms with van der Waals surface area (Å²) < 4.78 is 47.1. The Morgan fingerprint density at radius 3 is 2.38 bits per heavy atom. The molecule has 3 aromatic heterocycles. The van der Waals surface area contributed by atoms with Gasteiger partial charge in [-0.2, -0.15) is 5.10 Å². The lowest BCUT2D eigenvalue weighted by molar-refractivity contribution is -0.134. The van der Waals surface area contributed by atoms with Crippen LogP contribution in [-0.2, 0) is 34.3 Å². The fourth-order valence-corrected chi connectivity index (χ4v) is 12.6. The number of hydrogen-bond acceptors (Lipinski definition) is 13. The number of carbonyl (C=O) groups excluding carboxylic acids is 4. The molecule has 0 spiro atoms. The standard InChI is InChI=1S/C60H65F2N9O6S/c1-36-41(42-22-24-51(64-54(42)57(75)77-59(2,3)4)71-27-26-38-10-8-12-43(46(38)34-71)55(73)66-58-63-47-13-6-7-15-50(47)78-58)11-9-14-49(36)76-40-19-16-37(17-20-40)33-60(61,62)35-69-28-30-70(31-29-69)39-18-21-44-48(32-39)68(5)67-53(44)45-23-25-52(72)65-56(45)74/h6-15,18,21-22,24,32,37,40,45H,16-17,19-20,23,25-31,33-35H2,1-5H3,(H,63,66,73)(H,65,72,74)/t37-,40-,45?. The van der Waals surface area contributed by atoms with Crippen molar-refractivity contribution in [3.8, 4) is 16.9 Å². The van der Waals surface area contributed by atoms with Gasteiger partial charge in [0.2, 0.25) is 11.8 Å². The van der Waals surface area contributed by atoms with E-state index in [1.54, 1.807) is 4.68 Å². The van der Waals surface area contributed by atoms with E-state index in [2.05, 4.69) is 36.6 Å². The molecule has 2 saturated heterocycles. The molecule has 3 amide bonds. The molecule has 1 atom stereocenters. The predicted octanol–water partition coefficient (Wildman–Crippen LogP) is 10.6. The second-order valence-electron chi connectivity index (χ2n) is 22.3. The largest absolute Gasteiger partial charge is 0.490 e. The number of amides is 3. The van der Waals surface area contributed by atoms with Crippen LogP contribution in [0.5, 0.6) is 5.75 Å². The van der Waals surface area contributed by atoms with Gasteiger partial charge in [-0.05, 0) is 149 Å². The Kier molecular flexibility index (Phi) is 14.5. The van der Waals surface area contributed by atoms with Gasteiger partial charge in [0.1, 0.15) is 17.2 Å². The number of fused-ring (bicyclic) bond motifs is 3. The number of nitrogens with zero attached hydrogens (tertiary/aromatic N) is 7. The number of aromatic nitrogens is 4. The van der Waals surface area contributed by atoms with Crippen LogP contribution in [0.4, 0.5) is 25.4 Å². The van der Waals surface area contributed by atoms with E-state index in [9.17, 15) is 19.2 Å². The highest BCUT2D eigenvalue weighted by Crippen LogP contribution is 2.40. The topological polar surface area (TPSA) is 164 Å². The fourth-order valence-electron chi connectivity index (χ4n) is 11.7. The Hall–Kier alpha value is -7.31. The van der Waals surface area contributed by atoms with Crippen LogP contribution in [0, 0.1) is 12.8 Å². The normalized spacial score (nSPS) is 19.4. The molecular weight excluding hydrogens is 1010 g/mol. The van der Waals surface area contributed by atoms with E-state index in [-0.39, 0.29) is 54.8 Å². The van der Waals surface area contributed by atoms with E-state index < -0.39 is 23.4 Å². The number of anilines is 3. The molecule has 1 saturated carbocycles. The molecular formula is C60H65F2N9O6S. The smallest absolute Gasteiger partial charge is 0.358 e. The van der Waals surface area contributed by atoms with Gasteiger partial charge in [-0.1, -0.05) is 47.7 Å². The molecule has 2 N–H and O–H groups in total. The van der Waals surface area contributed by atoms with Crippen molar-refractivity contribution in [2.24, 2.45) is 13.0 Å². The van der Waals surface area contributed by atoms with Crippen LogP contribution in [0.25, 0.3) is 32.2 Å². The lowest BCUT2D eigenvalue weighted by Gasteiger charge is -2.38. The average molecular weight is 1080 g/mol. The summed E-state index contributed by atoms with van der Waals surface area (Å²) in [4.78, 5) is 68.1. The quantitative estimate of drug-likeness (QED) is 0.0831. The number of imide groups is 1.